The van der Waals surface area contributed by atoms with E-state index in [1.165, 1.54) is 44.0 Å². The van der Waals surface area contributed by atoms with E-state index < -0.39 is 0 Å². The van der Waals surface area contributed by atoms with Crippen molar-refractivity contribution in [2.45, 2.75) is 0 Å². The van der Waals surface area contributed by atoms with Crippen molar-refractivity contribution in [3.8, 4) is 44.5 Å². The molecule has 0 aliphatic rings. The number of anilines is 3. The summed E-state index contributed by atoms with van der Waals surface area (Å²) in [5.41, 5.74) is 14.2. The maximum absolute atomic E-state index is 7.19. The Labute approximate surface area is 337 Å². The number of fused-ring (bicyclic) bond motifs is 8. The summed E-state index contributed by atoms with van der Waals surface area (Å²) in [7, 11) is 0. The lowest BCUT2D eigenvalue weighted by Crippen LogP contribution is -2.11. The Morgan fingerprint density at radius 3 is 1.14 bits per heavy atom. The summed E-state index contributed by atoms with van der Waals surface area (Å²) in [6, 6.07) is 80.4. The molecule has 1 heterocycles. The summed E-state index contributed by atoms with van der Waals surface area (Å²) in [6.07, 6.45) is 0. The lowest BCUT2D eigenvalue weighted by Gasteiger charge is -2.28. The minimum Gasteiger partial charge on any atom is -0.455 e. The Hall–Kier alpha value is -7.68. The smallest absolute Gasteiger partial charge is 0.145 e. The van der Waals surface area contributed by atoms with Crippen LogP contribution < -0.4 is 4.90 Å². The minimum atomic E-state index is 0.876. The van der Waals surface area contributed by atoms with Gasteiger partial charge in [0.05, 0.1) is 5.69 Å². The maximum Gasteiger partial charge on any atom is 0.145 e. The SMILES string of the molecule is c1ccc(-c2ccc(-c3ccc(N(c4ccc(-c5ccccc5)cc4)c4ccc5c(oc6c7ccccc7c7ccccc7c56)c4-c4ccccc4)cc3)cc2)cc1. The molecule has 0 aliphatic heterocycles. The van der Waals surface area contributed by atoms with Gasteiger partial charge in [0.1, 0.15) is 11.2 Å². The highest BCUT2D eigenvalue weighted by Crippen LogP contribution is 2.49. The van der Waals surface area contributed by atoms with Gasteiger partial charge in [0.2, 0.25) is 0 Å². The molecule has 0 saturated heterocycles. The number of hydrogen-bond acceptors (Lipinski definition) is 2. The number of nitrogens with zero attached hydrogens (tertiary/aromatic N) is 1. The quantitative estimate of drug-likeness (QED) is 0.151. The van der Waals surface area contributed by atoms with Gasteiger partial charge in [-0.2, -0.15) is 0 Å². The van der Waals surface area contributed by atoms with Crippen LogP contribution in [0.25, 0.3) is 88.0 Å². The summed E-state index contributed by atoms with van der Waals surface area (Å²) < 4.78 is 7.19. The van der Waals surface area contributed by atoms with Gasteiger partial charge in [-0.3, -0.25) is 0 Å². The van der Waals surface area contributed by atoms with E-state index in [0.717, 1.165) is 61.1 Å². The molecule has 2 heteroatoms. The molecule has 2 nitrogen and oxygen atoms in total. The van der Waals surface area contributed by atoms with Crippen LogP contribution in [0, 0.1) is 0 Å². The van der Waals surface area contributed by atoms with E-state index >= 15 is 0 Å². The van der Waals surface area contributed by atoms with Gasteiger partial charge in [0, 0.05) is 33.1 Å². The average Bonchev–Trinajstić information content (AvgIpc) is 3.71. The second-order valence-corrected chi connectivity index (χ2v) is 14.8. The Balaban J connectivity index is 1.12. The summed E-state index contributed by atoms with van der Waals surface area (Å²) in [6.45, 7) is 0. The van der Waals surface area contributed by atoms with Gasteiger partial charge < -0.3 is 9.32 Å². The highest BCUT2D eigenvalue weighted by atomic mass is 16.3. The molecule has 0 aliphatic carbocycles. The Morgan fingerprint density at radius 2 is 0.638 bits per heavy atom. The highest BCUT2D eigenvalue weighted by Gasteiger charge is 2.24. The zero-order valence-corrected chi connectivity index (χ0v) is 31.7. The van der Waals surface area contributed by atoms with E-state index in [4.69, 9.17) is 4.42 Å². The normalized spacial score (nSPS) is 11.4. The van der Waals surface area contributed by atoms with Gasteiger partial charge in [-0.15, -0.1) is 0 Å². The first-order chi connectivity index (χ1) is 28.8. The standard InChI is InChI=1S/C56H37NO/c1-4-14-38(15-5-1)40-24-26-41(27-25-40)43-30-34-46(35-31-43)57(45-32-28-42(29-33-45)39-16-6-2-7-17-39)52-37-36-51-54-49-22-12-10-20-47(49)48-21-11-13-23-50(48)55(54)58-56(51)53(52)44-18-8-3-9-19-44/h1-37H. The number of benzene rings is 10. The summed E-state index contributed by atoms with van der Waals surface area (Å²) >= 11 is 0. The Morgan fingerprint density at radius 1 is 0.259 bits per heavy atom. The van der Waals surface area contributed by atoms with Gasteiger partial charge >= 0.3 is 0 Å². The Bertz CT molecular complexity index is 3220. The molecule has 0 radical (unpaired) electrons. The van der Waals surface area contributed by atoms with E-state index in [-0.39, 0.29) is 0 Å². The van der Waals surface area contributed by atoms with Crippen LogP contribution in [0.4, 0.5) is 17.1 Å². The summed E-state index contributed by atoms with van der Waals surface area (Å²) in [4.78, 5) is 2.38. The van der Waals surface area contributed by atoms with Crippen LogP contribution in [0.5, 0.6) is 0 Å². The van der Waals surface area contributed by atoms with Crippen LogP contribution in [-0.2, 0) is 0 Å². The first kappa shape index (κ1) is 33.6. The fourth-order valence-corrected chi connectivity index (χ4v) is 8.68. The molecule has 0 saturated carbocycles. The molecule has 11 rings (SSSR count). The molecule has 0 atom stereocenters. The predicted molar refractivity (Wildman–Crippen MR) is 245 cm³/mol. The molecule has 10 aromatic carbocycles. The number of hydrogen-bond donors (Lipinski definition) is 0. The summed E-state index contributed by atoms with van der Waals surface area (Å²) in [5, 5.41) is 6.99. The fraction of sp³-hybridized carbons (Fsp3) is 0. The van der Waals surface area contributed by atoms with Crippen molar-refractivity contribution in [3.63, 3.8) is 0 Å². The minimum absolute atomic E-state index is 0.876. The third-order valence-electron chi connectivity index (χ3n) is 11.5. The first-order valence-corrected chi connectivity index (χ1v) is 19.8. The third kappa shape index (κ3) is 5.74. The molecule has 0 spiro atoms. The molecule has 272 valence electrons. The third-order valence-corrected chi connectivity index (χ3v) is 11.5. The van der Waals surface area contributed by atoms with Gasteiger partial charge in [-0.25, -0.2) is 0 Å². The van der Waals surface area contributed by atoms with Crippen LogP contribution >= 0.6 is 0 Å². The second kappa shape index (κ2) is 14.1. The van der Waals surface area contributed by atoms with Gasteiger partial charge in [0.15, 0.2) is 0 Å². The molecule has 0 N–H and O–H groups in total. The van der Waals surface area contributed by atoms with Crippen LogP contribution in [0.2, 0.25) is 0 Å². The first-order valence-electron chi connectivity index (χ1n) is 19.8. The molecule has 1 aromatic heterocycles. The van der Waals surface area contributed by atoms with Gasteiger partial charge in [-0.05, 0) is 91.5 Å². The van der Waals surface area contributed by atoms with E-state index in [9.17, 15) is 0 Å². The fourth-order valence-electron chi connectivity index (χ4n) is 8.68. The van der Waals surface area contributed by atoms with Crippen LogP contribution in [0.3, 0.4) is 0 Å². The monoisotopic (exact) mass is 739 g/mol. The molecule has 0 unspecified atom stereocenters. The largest absolute Gasteiger partial charge is 0.455 e. The van der Waals surface area contributed by atoms with Crippen LogP contribution in [0.15, 0.2) is 229 Å². The van der Waals surface area contributed by atoms with Crippen molar-refractivity contribution in [1.29, 1.82) is 0 Å². The van der Waals surface area contributed by atoms with Crippen LogP contribution in [0.1, 0.15) is 0 Å². The molecule has 0 amide bonds. The molecular weight excluding hydrogens is 703 g/mol. The van der Waals surface area contributed by atoms with Gasteiger partial charge in [0.25, 0.3) is 0 Å². The van der Waals surface area contributed by atoms with Gasteiger partial charge in [-0.1, -0.05) is 188 Å². The summed E-state index contributed by atoms with van der Waals surface area (Å²) in [5.74, 6) is 0. The van der Waals surface area contributed by atoms with Crippen molar-refractivity contribution in [3.05, 3.63) is 224 Å². The van der Waals surface area contributed by atoms with Crippen molar-refractivity contribution in [1.82, 2.24) is 0 Å². The van der Waals surface area contributed by atoms with Crippen molar-refractivity contribution in [2.75, 3.05) is 4.90 Å². The lowest BCUT2D eigenvalue weighted by atomic mass is 9.94. The lowest BCUT2D eigenvalue weighted by molar-refractivity contribution is 0.674. The molecule has 58 heavy (non-hydrogen) atoms. The number of furan rings is 1. The van der Waals surface area contributed by atoms with Crippen LogP contribution in [-0.4, -0.2) is 0 Å². The van der Waals surface area contributed by atoms with E-state index in [2.05, 4.69) is 229 Å². The number of rotatable bonds is 7. The Kier molecular flexibility index (Phi) is 8.19. The predicted octanol–water partition coefficient (Wildman–Crippen LogP) is 16.0. The maximum atomic E-state index is 7.19. The topological polar surface area (TPSA) is 16.4 Å². The molecule has 0 bridgehead atoms. The molecular formula is C56H37NO. The average molecular weight is 740 g/mol. The molecule has 0 fully saturated rings. The highest BCUT2D eigenvalue weighted by molar-refractivity contribution is 6.31. The van der Waals surface area contributed by atoms with E-state index in [1.54, 1.807) is 0 Å². The second-order valence-electron chi connectivity index (χ2n) is 14.8. The van der Waals surface area contributed by atoms with Crippen molar-refractivity contribution >= 4 is 60.5 Å². The van der Waals surface area contributed by atoms with Crippen molar-refractivity contribution < 1.29 is 4.42 Å². The van der Waals surface area contributed by atoms with E-state index in [1.807, 2.05) is 0 Å². The zero-order valence-electron chi connectivity index (χ0n) is 31.7. The molecule has 11 aromatic rings. The zero-order chi connectivity index (χ0) is 38.4. The van der Waals surface area contributed by atoms with Crippen molar-refractivity contribution in [2.24, 2.45) is 0 Å². The van der Waals surface area contributed by atoms with E-state index in [0.29, 0.717) is 0 Å².